The summed E-state index contributed by atoms with van der Waals surface area (Å²) in [5.74, 6) is 0.494. The first kappa shape index (κ1) is 17.5. The number of ether oxygens (including phenoxy) is 1. The summed E-state index contributed by atoms with van der Waals surface area (Å²) in [6.07, 6.45) is 6.09. The molecule has 1 aromatic carbocycles. The highest BCUT2D eigenvalue weighted by molar-refractivity contribution is 7.80. The molecule has 1 aliphatic carbocycles. The molecule has 1 aromatic rings. The second-order valence-corrected chi connectivity index (χ2v) is 6.32. The predicted molar refractivity (Wildman–Crippen MR) is 97.0 cm³/mol. The number of hydrogen-bond donors (Lipinski definition) is 3. The quantitative estimate of drug-likeness (QED) is 0.722. The standard InChI is InChI=1S/C17H25N3O2S/c1-12-8-9-15(22-2)14(10-12)20-16(21)11-18-17(23)19-13-6-4-3-5-7-13/h8-10,13H,3-7,11H2,1-2H3,(H,20,21)(H2,18,19,23). The molecule has 1 aliphatic rings. The number of thiocarbonyl (C=S) groups is 1. The molecule has 1 amide bonds. The maximum Gasteiger partial charge on any atom is 0.243 e. The number of amides is 1. The largest absolute Gasteiger partial charge is 0.495 e. The minimum Gasteiger partial charge on any atom is -0.495 e. The molecule has 0 unspecified atom stereocenters. The molecule has 0 radical (unpaired) electrons. The van der Waals surface area contributed by atoms with Crippen molar-refractivity contribution in [2.45, 2.75) is 45.1 Å². The molecule has 1 fully saturated rings. The SMILES string of the molecule is COc1ccc(C)cc1NC(=O)CNC(=S)NC1CCCCC1. The third-order valence-corrected chi connectivity index (χ3v) is 4.24. The summed E-state index contributed by atoms with van der Waals surface area (Å²) in [4.78, 5) is 12.1. The molecule has 0 saturated heterocycles. The summed E-state index contributed by atoms with van der Waals surface area (Å²) in [5, 5.41) is 9.65. The number of hydrogen-bond acceptors (Lipinski definition) is 3. The van der Waals surface area contributed by atoms with Crippen LogP contribution in [0.1, 0.15) is 37.7 Å². The number of rotatable bonds is 5. The Bertz CT molecular complexity index is 557. The number of anilines is 1. The zero-order valence-corrected chi connectivity index (χ0v) is 14.6. The van der Waals surface area contributed by atoms with Gasteiger partial charge in [-0.15, -0.1) is 0 Å². The van der Waals surface area contributed by atoms with Crippen molar-refractivity contribution in [2.75, 3.05) is 19.0 Å². The maximum absolute atomic E-state index is 12.1. The number of aryl methyl sites for hydroxylation is 1. The zero-order chi connectivity index (χ0) is 16.7. The lowest BCUT2D eigenvalue weighted by molar-refractivity contribution is -0.115. The van der Waals surface area contributed by atoms with Gasteiger partial charge in [-0.1, -0.05) is 25.3 Å². The summed E-state index contributed by atoms with van der Waals surface area (Å²) in [5.41, 5.74) is 1.73. The van der Waals surface area contributed by atoms with E-state index in [9.17, 15) is 4.79 Å². The lowest BCUT2D eigenvalue weighted by atomic mass is 9.96. The molecule has 0 bridgehead atoms. The summed E-state index contributed by atoms with van der Waals surface area (Å²) in [6.45, 7) is 2.10. The smallest absolute Gasteiger partial charge is 0.243 e. The van der Waals surface area contributed by atoms with E-state index in [1.54, 1.807) is 7.11 Å². The van der Waals surface area contributed by atoms with Gasteiger partial charge in [0, 0.05) is 6.04 Å². The Kier molecular flexibility index (Phi) is 6.65. The van der Waals surface area contributed by atoms with E-state index in [1.807, 2.05) is 25.1 Å². The summed E-state index contributed by atoms with van der Waals surface area (Å²) >= 11 is 5.26. The summed E-state index contributed by atoms with van der Waals surface area (Å²) < 4.78 is 5.25. The first-order valence-corrected chi connectivity index (χ1v) is 8.48. The maximum atomic E-state index is 12.1. The number of benzene rings is 1. The molecule has 0 aromatic heterocycles. The van der Waals surface area contributed by atoms with Crippen molar-refractivity contribution in [3.63, 3.8) is 0 Å². The van der Waals surface area contributed by atoms with Crippen molar-refractivity contribution >= 4 is 28.9 Å². The Morgan fingerprint density at radius 3 is 2.74 bits per heavy atom. The zero-order valence-electron chi connectivity index (χ0n) is 13.8. The van der Waals surface area contributed by atoms with Gasteiger partial charge in [0.15, 0.2) is 5.11 Å². The van der Waals surface area contributed by atoms with E-state index in [2.05, 4.69) is 16.0 Å². The van der Waals surface area contributed by atoms with Gasteiger partial charge in [-0.2, -0.15) is 0 Å². The fourth-order valence-electron chi connectivity index (χ4n) is 2.76. The van der Waals surface area contributed by atoms with Gasteiger partial charge in [0.05, 0.1) is 19.3 Å². The van der Waals surface area contributed by atoms with Crippen LogP contribution in [0, 0.1) is 6.92 Å². The van der Waals surface area contributed by atoms with Crippen molar-refractivity contribution in [1.29, 1.82) is 0 Å². The van der Waals surface area contributed by atoms with Gasteiger partial charge in [0.1, 0.15) is 5.75 Å². The lowest BCUT2D eigenvalue weighted by Crippen LogP contribution is -2.45. The van der Waals surface area contributed by atoms with Crippen molar-refractivity contribution in [3.05, 3.63) is 23.8 Å². The van der Waals surface area contributed by atoms with Gasteiger partial charge in [0.25, 0.3) is 0 Å². The first-order chi connectivity index (χ1) is 11.1. The molecule has 0 heterocycles. The molecule has 0 aliphatic heterocycles. The summed E-state index contributed by atoms with van der Waals surface area (Å²) in [7, 11) is 1.59. The molecule has 6 heteroatoms. The molecular weight excluding hydrogens is 310 g/mol. The van der Waals surface area contributed by atoms with Gasteiger partial charge in [0.2, 0.25) is 5.91 Å². The van der Waals surface area contributed by atoms with E-state index >= 15 is 0 Å². The fourth-order valence-corrected chi connectivity index (χ4v) is 3.00. The number of nitrogens with one attached hydrogen (secondary N) is 3. The molecule has 126 valence electrons. The molecule has 0 spiro atoms. The number of carbonyl (C=O) groups excluding carboxylic acids is 1. The van der Waals surface area contributed by atoms with Crippen molar-refractivity contribution in [2.24, 2.45) is 0 Å². The Balaban J connectivity index is 1.78. The average molecular weight is 335 g/mol. The van der Waals surface area contributed by atoms with Crippen LogP contribution in [-0.4, -0.2) is 30.7 Å². The number of methoxy groups -OCH3 is 1. The highest BCUT2D eigenvalue weighted by Gasteiger charge is 2.14. The van der Waals surface area contributed by atoms with Crippen LogP contribution in [-0.2, 0) is 4.79 Å². The molecule has 0 atom stereocenters. The number of carbonyl (C=O) groups is 1. The van der Waals surface area contributed by atoms with Gasteiger partial charge in [-0.25, -0.2) is 0 Å². The fraction of sp³-hybridized carbons (Fsp3) is 0.529. The predicted octanol–water partition coefficient (Wildman–Crippen LogP) is 2.74. The minimum absolute atomic E-state index is 0.135. The molecule has 23 heavy (non-hydrogen) atoms. The molecule has 5 nitrogen and oxygen atoms in total. The Hall–Kier alpha value is -1.82. The highest BCUT2D eigenvalue weighted by atomic mass is 32.1. The van der Waals surface area contributed by atoms with E-state index < -0.39 is 0 Å². The van der Waals surface area contributed by atoms with Crippen LogP contribution in [0.4, 0.5) is 5.69 Å². The van der Waals surface area contributed by atoms with Crippen LogP contribution in [0.5, 0.6) is 5.75 Å². The Morgan fingerprint density at radius 2 is 2.04 bits per heavy atom. The lowest BCUT2D eigenvalue weighted by Gasteiger charge is -2.24. The Labute approximate surface area is 143 Å². The highest BCUT2D eigenvalue weighted by Crippen LogP contribution is 2.24. The third-order valence-electron chi connectivity index (χ3n) is 3.98. The molecule has 1 saturated carbocycles. The van der Waals surface area contributed by atoms with E-state index in [1.165, 1.54) is 19.3 Å². The van der Waals surface area contributed by atoms with Crippen LogP contribution < -0.4 is 20.7 Å². The van der Waals surface area contributed by atoms with Crippen LogP contribution in [0.2, 0.25) is 0 Å². The van der Waals surface area contributed by atoms with E-state index in [0.29, 0.717) is 22.6 Å². The van der Waals surface area contributed by atoms with Crippen molar-refractivity contribution in [3.8, 4) is 5.75 Å². The minimum atomic E-state index is -0.151. The van der Waals surface area contributed by atoms with Gasteiger partial charge < -0.3 is 20.7 Å². The van der Waals surface area contributed by atoms with Gasteiger partial charge in [-0.3, -0.25) is 4.79 Å². The normalized spacial score (nSPS) is 14.9. The Morgan fingerprint density at radius 1 is 1.30 bits per heavy atom. The van der Waals surface area contributed by atoms with E-state index in [-0.39, 0.29) is 12.5 Å². The second-order valence-electron chi connectivity index (χ2n) is 5.91. The third kappa shape index (κ3) is 5.71. The van der Waals surface area contributed by atoms with Crippen molar-refractivity contribution in [1.82, 2.24) is 10.6 Å². The average Bonchev–Trinajstić information content (AvgIpc) is 2.54. The van der Waals surface area contributed by atoms with Gasteiger partial charge in [-0.05, 0) is 49.7 Å². The van der Waals surface area contributed by atoms with E-state index in [0.717, 1.165) is 18.4 Å². The van der Waals surface area contributed by atoms with Crippen LogP contribution in [0.3, 0.4) is 0 Å². The molecule has 2 rings (SSSR count). The molecule has 3 N–H and O–H groups in total. The first-order valence-electron chi connectivity index (χ1n) is 8.07. The monoisotopic (exact) mass is 335 g/mol. The topological polar surface area (TPSA) is 62.4 Å². The molecular formula is C17H25N3O2S. The van der Waals surface area contributed by atoms with Crippen molar-refractivity contribution < 1.29 is 9.53 Å². The second kappa shape index (κ2) is 8.72. The van der Waals surface area contributed by atoms with E-state index in [4.69, 9.17) is 17.0 Å². The summed E-state index contributed by atoms with van der Waals surface area (Å²) in [6, 6.07) is 6.10. The van der Waals surface area contributed by atoms with Crippen LogP contribution >= 0.6 is 12.2 Å². The van der Waals surface area contributed by atoms with Crippen LogP contribution in [0.25, 0.3) is 0 Å². The van der Waals surface area contributed by atoms with Crippen LogP contribution in [0.15, 0.2) is 18.2 Å². The van der Waals surface area contributed by atoms with Gasteiger partial charge >= 0.3 is 0 Å².